The lowest BCUT2D eigenvalue weighted by atomic mass is 10.1. The van der Waals surface area contributed by atoms with E-state index >= 15 is 0 Å². The number of piperazine rings is 1. The zero-order chi connectivity index (χ0) is 24.1. The van der Waals surface area contributed by atoms with Gasteiger partial charge in [0.15, 0.2) is 0 Å². The predicted molar refractivity (Wildman–Crippen MR) is 137 cm³/mol. The number of rotatable bonds is 9. The molecule has 4 rings (SSSR count). The Morgan fingerprint density at radius 3 is 2.65 bits per heavy atom. The van der Waals surface area contributed by atoms with Crippen molar-refractivity contribution in [2.75, 3.05) is 56.7 Å². The Morgan fingerprint density at radius 1 is 1.18 bits per heavy atom. The van der Waals surface area contributed by atoms with Crippen LogP contribution in [0.25, 0.3) is 10.2 Å². The van der Waals surface area contributed by atoms with Gasteiger partial charge in [-0.05, 0) is 38.0 Å². The first kappa shape index (κ1) is 24.2. The number of thiophene rings is 1. The third kappa shape index (κ3) is 4.95. The summed E-state index contributed by atoms with van der Waals surface area (Å²) in [6.45, 7) is 10.2. The van der Waals surface area contributed by atoms with Gasteiger partial charge in [0.1, 0.15) is 22.7 Å². The summed E-state index contributed by atoms with van der Waals surface area (Å²) in [5, 5.41) is 4.40. The average Bonchev–Trinajstić information content (AvgIpc) is 3.21. The summed E-state index contributed by atoms with van der Waals surface area (Å²) in [7, 11) is 1.70. The van der Waals surface area contributed by atoms with Crippen molar-refractivity contribution in [2.24, 2.45) is 0 Å². The number of methoxy groups -OCH3 is 1. The van der Waals surface area contributed by atoms with E-state index in [-0.39, 0.29) is 11.9 Å². The smallest absolute Gasteiger partial charge is 0.264 e. The van der Waals surface area contributed by atoms with E-state index in [1.54, 1.807) is 13.4 Å². The highest BCUT2D eigenvalue weighted by Gasteiger charge is 2.27. The van der Waals surface area contributed by atoms with Gasteiger partial charge in [-0.25, -0.2) is 9.97 Å². The van der Waals surface area contributed by atoms with Gasteiger partial charge >= 0.3 is 0 Å². The standard InChI is InChI=1S/C25H33N5O3S/c1-5-18(15-32-4)28-23-21-17(3)22(34-24(21)27-16-26-23)25(31)30-13-11-29(12-14-30)19-9-7-8-10-20(19)33-6-2/h7-10,16,18H,5-6,11-15H2,1-4H3,(H,26,27,28). The number of aromatic nitrogens is 2. The summed E-state index contributed by atoms with van der Waals surface area (Å²) in [5.41, 5.74) is 2.02. The van der Waals surface area contributed by atoms with Gasteiger partial charge in [-0.3, -0.25) is 4.79 Å². The van der Waals surface area contributed by atoms with E-state index in [4.69, 9.17) is 9.47 Å². The second kappa shape index (κ2) is 11.0. The van der Waals surface area contributed by atoms with Crippen molar-refractivity contribution in [2.45, 2.75) is 33.2 Å². The Morgan fingerprint density at radius 2 is 1.94 bits per heavy atom. The zero-order valence-electron chi connectivity index (χ0n) is 20.3. The van der Waals surface area contributed by atoms with E-state index < -0.39 is 0 Å². The fourth-order valence-corrected chi connectivity index (χ4v) is 5.45. The molecule has 1 aliphatic rings. The van der Waals surface area contributed by atoms with E-state index in [2.05, 4.69) is 33.2 Å². The van der Waals surface area contributed by atoms with Crippen LogP contribution in [-0.2, 0) is 4.74 Å². The molecular formula is C25H33N5O3S. The Labute approximate surface area is 204 Å². The minimum absolute atomic E-state index is 0.0631. The summed E-state index contributed by atoms with van der Waals surface area (Å²) in [6.07, 6.45) is 2.47. The molecule has 3 heterocycles. The molecule has 0 aliphatic carbocycles. The van der Waals surface area contributed by atoms with Crippen molar-refractivity contribution in [1.82, 2.24) is 14.9 Å². The van der Waals surface area contributed by atoms with Crippen molar-refractivity contribution in [3.05, 3.63) is 41.0 Å². The van der Waals surface area contributed by atoms with Crippen molar-refractivity contribution >= 4 is 39.0 Å². The maximum atomic E-state index is 13.5. The number of para-hydroxylation sites is 2. The number of carbonyl (C=O) groups is 1. The van der Waals surface area contributed by atoms with Crippen LogP contribution in [0.4, 0.5) is 11.5 Å². The normalized spacial score (nSPS) is 14.9. The molecule has 8 nitrogen and oxygen atoms in total. The number of carbonyl (C=O) groups excluding carboxylic acids is 1. The van der Waals surface area contributed by atoms with Crippen molar-refractivity contribution < 1.29 is 14.3 Å². The lowest BCUT2D eigenvalue weighted by Gasteiger charge is -2.36. The van der Waals surface area contributed by atoms with E-state index in [1.807, 2.05) is 36.9 Å². The molecule has 1 aromatic carbocycles. The molecule has 0 radical (unpaired) electrons. The third-order valence-electron chi connectivity index (χ3n) is 6.20. The van der Waals surface area contributed by atoms with Crippen LogP contribution < -0.4 is 15.0 Å². The highest BCUT2D eigenvalue weighted by atomic mass is 32.1. The van der Waals surface area contributed by atoms with E-state index in [9.17, 15) is 4.79 Å². The number of nitrogens with zero attached hydrogens (tertiary/aromatic N) is 4. The van der Waals surface area contributed by atoms with Crippen LogP contribution in [-0.4, -0.2) is 73.3 Å². The number of nitrogens with one attached hydrogen (secondary N) is 1. The molecular weight excluding hydrogens is 450 g/mol. The van der Waals surface area contributed by atoms with Crippen LogP contribution in [0, 0.1) is 6.92 Å². The van der Waals surface area contributed by atoms with Gasteiger partial charge in [-0.1, -0.05) is 19.1 Å². The van der Waals surface area contributed by atoms with Crippen molar-refractivity contribution in [3.63, 3.8) is 0 Å². The molecule has 2 aromatic heterocycles. The monoisotopic (exact) mass is 483 g/mol. The summed E-state index contributed by atoms with van der Waals surface area (Å²) in [4.78, 5) is 28.2. The molecule has 3 aromatic rings. The van der Waals surface area contributed by atoms with Crippen LogP contribution in [0.5, 0.6) is 5.75 Å². The van der Waals surface area contributed by atoms with Gasteiger partial charge in [0, 0.05) is 33.3 Å². The molecule has 1 N–H and O–H groups in total. The summed E-state index contributed by atoms with van der Waals surface area (Å²) >= 11 is 1.45. The van der Waals surface area contributed by atoms with Crippen LogP contribution >= 0.6 is 11.3 Å². The van der Waals surface area contributed by atoms with Crippen LogP contribution in [0.15, 0.2) is 30.6 Å². The zero-order valence-corrected chi connectivity index (χ0v) is 21.2. The molecule has 1 amide bonds. The van der Waals surface area contributed by atoms with E-state index in [0.29, 0.717) is 26.3 Å². The minimum Gasteiger partial charge on any atom is -0.492 e. The number of hydrogen-bond acceptors (Lipinski definition) is 8. The fraction of sp³-hybridized carbons (Fsp3) is 0.480. The fourth-order valence-electron chi connectivity index (χ4n) is 4.33. The maximum absolute atomic E-state index is 13.5. The Balaban J connectivity index is 1.51. The molecule has 0 saturated carbocycles. The molecule has 1 fully saturated rings. The number of ether oxygens (including phenoxy) is 2. The SMILES string of the molecule is CCOc1ccccc1N1CCN(C(=O)c2sc3ncnc(NC(CC)COC)c3c2C)CC1. The van der Waals surface area contributed by atoms with Gasteiger partial charge < -0.3 is 24.6 Å². The maximum Gasteiger partial charge on any atom is 0.264 e. The first-order valence-corrected chi connectivity index (χ1v) is 12.6. The quantitative estimate of drug-likeness (QED) is 0.489. The third-order valence-corrected chi connectivity index (χ3v) is 7.38. The lowest BCUT2D eigenvalue weighted by molar-refractivity contribution is 0.0751. The Hall–Kier alpha value is -2.91. The van der Waals surface area contributed by atoms with Crippen molar-refractivity contribution in [3.8, 4) is 5.75 Å². The lowest BCUT2D eigenvalue weighted by Crippen LogP contribution is -2.48. The van der Waals surface area contributed by atoms with Crippen LogP contribution in [0.1, 0.15) is 35.5 Å². The first-order chi connectivity index (χ1) is 16.6. The van der Waals surface area contributed by atoms with Gasteiger partial charge in [-0.2, -0.15) is 0 Å². The number of benzene rings is 1. The van der Waals surface area contributed by atoms with E-state index in [0.717, 1.165) is 57.4 Å². The molecule has 9 heteroatoms. The van der Waals surface area contributed by atoms with Crippen LogP contribution in [0.2, 0.25) is 0 Å². The number of amides is 1. The molecule has 1 saturated heterocycles. The number of hydrogen-bond donors (Lipinski definition) is 1. The average molecular weight is 484 g/mol. The Kier molecular flexibility index (Phi) is 7.84. The van der Waals surface area contributed by atoms with Gasteiger partial charge in [0.2, 0.25) is 0 Å². The van der Waals surface area contributed by atoms with Crippen molar-refractivity contribution in [1.29, 1.82) is 0 Å². The summed E-state index contributed by atoms with van der Waals surface area (Å²) < 4.78 is 11.1. The molecule has 0 spiro atoms. The highest BCUT2D eigenvalue weighted by Crippen LogP contribution is 2.35. The topological polar surface area (TPSA) is 79.8 Å². The van der Waals surface area contributed by atoms with Gasteiger partial charge in [0.25, 0.3) is 5.91 Å². The second-order valence-electron chi connectivity index (χ2n) is 8.34. The predicted octanol–water partition coefficient (Wildman–Crippen LogP) is 4.20. The van der Waals surface area contributed by atoms with Crippen LogP contribution in [0.3, 0.4) is 0 Å². The number of aryl methyl sites for hydroxylation is 1. The number of fused-ring (bicyclic) bond motifs is 1. The Bertz CT molecular complexity index is 1130. The minimum atomic E-state index is 0.0631. The second-order valence-corrected chi connectivity index (χ2v) is 9.34. The molecule has 34 heavy (non-hydrogen) atoms. The summed E-state index contributed by atoms with van der Waals surface area (Å²) in [6, 6.07) is 8.24. The molecule has 0 bridgehead atoms. The molecule has 1 atom stereocenters. The van der Waals surface area contributed by atoms with Gasteiger partial charge in [0.05, 0.1) is 35.2 Å². The highest BCUT2D eigenvalue weighted by molar-refractivity contribution is 7.20. The number of anilines is 2. The van der Waals surface area contributed by atoms with Gasteiger partial charge in [-0.15, -0.1) is 11.3 Å². The molecule has 1 unspecified atom stereocenters. The van der Waals surface area contributed by atoms with E-state index in [1.165, 1.54) is 11.3 Å². The summed E-state index contributed by atoms with van der Waals surface area (Å²) in [5.74, 6) is 1.72. The molecule has 182 valence electrons. The largest absolute Gasteiger partial charge is 0.492 e. The molecule has 1 aliphatic heterocycles. The first-order valence-electron chi connectivity index (χ1n) is 11.8.